The van der Waals surface area contributed by atoms with Gasteiger partial charge in [0.05, 0.1) is 0 Å². The van der Waals surface area contributed by atoms with Gasteiger partial charge in [-0.05, 0) is 48.5 Å². The minimum atomic E-state index is 0. The molecule has 0 aromatic rings. The van der Waals surface area contributed by atoms with E-state index in [2.05, 4.69) is 46.3 Å². The Labute approximate surface area is 118 Å². The predicted octanol–water partition coefficient (Wildman–Crippen LogP) is 6.80. The van der Waals surface area contributed by atoms with Crippen LogP contribution in [-0.4, -0.2) is 0 Å². The minimum Gasteiger partial charge on any atom is -0.120 e. The molecule has 0 nitrogen and oxygen atoms in total. The summed E-state index contributed by atoms with van der Waals surface area (Å²) in [4.78, 5) is 0. The summed E-state index contributed by atoms with van der Waals surface area (Å²) < 4.78 is 0. The van der Waals surface area contributed by atoms with Gasteiger partial charge >= 0.3 is 0 Å². The van der Waals surface area contributed by atoms with Crippen LogP contribution in [0.3, 0.4) is 0 Å². The van der Waals surface area contributed by atoms with Crippen LogP contribution in [-0.2, 0) is 0 Å². The van der Waals surface area contributed by atoms with E-state index in [0.717, 1.165) is 0 Å². The minimum absolute atomic E-state index is 0. The summed E-state index contributed by atoms with van der Waals surface area (Å²) >= 11 is 0. The van der Waals surface area contributed by atoms with Gasteiger partial charge in [0, 0.05) is 0 Å². The van der Waals surface area contributed by atoms with Crippen LogP contribution in [0.25, 0.3) is 0 Å². The highest BCUT2D eigenvalue weighted by Gasteiger charge is 1.88. The van der Waals surface area contributed by atoms with Gasteiger partial charge in [-0.3, -0.25) is 0 Å². The zero-order chi connectivity index (χ0) is 15.0. The number of terminal acetylenes is 1. The van der Waals surface area contributed by atoms with Crippen molar-refractivity contribution in [1.29, 1.82) is 0 Å². The molecule has 0 aliphatic heterocycles. The number of hydrogen-bond donors (Lipinski definition) is 0. The molecule has 0 rings (SSSR count). The maximum Gasteiger partial charge on any atom is -0.00297 e. The van der Waals surface area contributed by atoms with E-state index in [4.69, 9.17) is 0 Å². The molecule has 0 saturated carbocycles. The zero-order valence-electron chi connectivity index (χ0n) is 13.5. The molecule has 0 heteroatoms. The first-order valence-electron chi connectivity index (χ1n) is 6.00. The fraction of sp³-hybridized carbons (Fsp3) is 0.556. The summed E-state index contributed by atoms with van der Waals surface area (Å²) in [5.74, 6) is 2.25. The molecule has 0 aromatic heterocycles. The van der Waals surface area contributed by atoms with Gasteiger partial charge in [0.1, 0.15) is 0 Å². The molecule has 0 aromatic carbocycles. The third kappa shape index (κ3) is 61.1. The Morgan fingerprint density at radius 1 is 0.889 bits per heavy atom. The van der Waals surface area contributed by atoms with Gasteiger partial charge in [-0.2, -0.15) is 0 Å². The molecule has 0 radical (unpaired) electrons. The highest BCUT2D eigenvalue weighted by Crippen LogP contribution is 2.09. The van der Waals surface area contributed by atoms with Gasteiger partial charge < -0.3 is 0 Å². The van der Waals surface area contributed by atoms with Crippen molar-refractivity contribution in [2.24, 2.45) is 0 Å². The SMILES string of the molecule is C.C#CC.C=C(C)C.C=C(C)C(C)=C(C)C.CC. The third-order valence-electron chi connectivity index (χ3n) is 1.39. The molecule has 0 N–H and O–H groups in total. The molecular weight excluding hydrogens is 216 g/mol. The van der Waals surface area contributed by atoms with Crippen molar-refractivity contribution >= 4 is 0 Å². The van der Waals surface area contributed by atoms with Gasteiger partial charge in [-0.1, -0.05) is 50.1 Å². The summed E-state index contributed by atoms with van der Waals surface area (Å²) in [5, 5.41) is 0. The van der Waals surface area contributed by atoms with Gasteiger partial charge in [-0.15, -0.1) is 18.9 Å². The number of hydrogen-bond acceptors (Lipinski definition) is 0. The van der Waals surface area contributed by atoms with E-state index in [1.54, 1.807) is 6.92 Å². The molecule has 0 fully saturated rings. The lowest BCUT2D eigenvalue weighted by Crippen LogP contribution is -1.78. The summed E-state index contributed by atoms with van der Waals surface area (Å²) in [5.41, 5.74) is 5.02. The Hall–Kier alpha value is -1.22. The standard InChI is InChI=1S/C8H14.C4H8.C3H4.C2H6.CH4/c1-6(2)8(5)7(3)4;1-4(2)3;1-3-2;1-2;/h1H2,2-5H3;1H2,2-3H3;1H,2H3;1-2H3;1H4. The zero-order valence-corrected chi connectivity index (χ0v) is 13.5. The van der Waals surface area contributed by atoms with Crippen LogP contribution < -0.4 is 0 Å². The van der Waals surface area contributed by atoms with Crippen LogP contribution in [0.2, 0.25) is 0 Å². The fourth-order valence-electron chi connectivity index (χ4n) is 0.427. The van der Waals surface area contributed by atoms with Crippen molar-refractivity contribution in [2.75, 3.05) is 0 Å². The van der Waals surface area contributed by atoms with Crippen LogP contribution in [0.4, 0.5) is 0 Å². The van der Waals surface area contributed by atoms with Gasteiger partial charge in [0.25, 0.3) is 0 Å². The summed E-state index contributed by atoms with van der Waals surface area (Å²) in [6.45, 7) is 25.3. The summed E-state index contributed by atoms with van der Waals surface area (Å²) in [6.07, 6.45) is 4.60. The smallest absolute Gasteiger partial charge is 0.00297 e. The lowest BCUT2D eigenvalue weighted by molar-refractivity contribution is 1.23. The van der Waals surface area contributed by atoms with E-state index in [0.29, 0.717) is 0 Å². The van der Waals surface area contributed by atoms with E-state index in [-0.39, 0.29) is 7.43 Å². The lowest BCUT2D eigenvalue weighted by atomic mass is 10.1. The molecular formula is C18H36. The molecule has 0 aliphatic rings. The van der Waals surface area contributed by atoms with Crippen LogP contribution in [0.5, 0.6) is 0 Å². The van der Waals surface area contributed by atoms with Crippen molar-refractivity contribution in [3.63, 3.8) is 0 Å². The van der Waals surface area contributed by atoms with Gasteiger partial charge in [0.15, 0.2) is 0 Å². The first-order valence-corrected chi connectivity index (χ1v) is 6.00. The second-order valence-electron chi connectivity index (χ2n) is 3.90. The maximum atomic E-state index is 4.60. The monoisotopic (exact) mass is 252 g/mol. The normalized spacial score (nSPS) is 6.00. The molecule has 0 unspecified atom stereocenters. The highest BCUT2D eigenvalue weighted by atomic mass is 13.9. The molecule has 0 bridgehead atoms. The van der Waals surface area contributed by atoms with E-state index in [1.807, 2.05) is 34.6 Å². The first-order chi connectivity index (χ1) is 7.70. The Balaban J connectivity index is -0.0000000481. The topological polar surface area (TPSA) is 0 Å². The van der Waals surface area contributed by atoms with E-state index >= 15 is 0 Å². The van der Waals surface area contributed by atoms with Crippen LogP contribution in [0.15, 0.2) is 35.5 Å². The second-order valence-corrected chi connectivity index (χ2v) is 3.90. The molecule has 0 heterocycles. The van der Waals surface area contributed by atoms with E-state index < -0.39 is 0 Å². The Bertz CT molecular complexity index is 248. The summed E-state index contributed by atoms with van der Waals surface area (Å²) in [6, 6.07) is 0. The maximum absolute atomic E-state index is 4.60. The summed E-state index contributed by atoms with van der Waals surface area (Å²) in [7, 11) is 0. The number of allylic oxidation sites excluding steroid dienone is 4. The van der Waals surface area contributed by atoms with Crippen LogP contribution in [0.1, 0.15) is 69.7 Å². The Kier molecular flexibility index (Phi) is 41.6. The Morgan fingerprint density at radius 3 is 1.06 bits per heavy atom. The molecule has 0 atom stereocenters. The van der Waals surface area contributed by atoms with E-state index in [9.17, 15) is 0 Å². The molecule has 108 valence electrons. The van der Waals surface area contributed by atoms with Crippen LogP contribution in [0, 0.1) is 12.3 Å². The molecule has 0 saturated heterocycles. The average Bonchev–Trinajstić information content (AvgIpc) is 2.19. The average molecular weight is 252 g/mol. The highest BCUT2D eigenvalue weighted by molar-refractivity contribution is 5.27. The molecule has 0 spiro atoms. The largest absolute Gasteiger partial charge is 0.120 e. The predicted molar refractivity (Wildman–Crippen MR) is 91.9 cm³/mol. The van der Waals surface area contributed by atoms with Crippen molar-refractivity contribution < 1.29 is 0 Å². The van der Waals surface area contributed by atoms with Crippen molar-refractivity contribution in [2.45, 2.75) is 69.7 Å². The van der Waals surface area contributed by atoms with Crippen LogP contribution >= 0.6 is 0 Å². The molecule has 0 aliphatic carbocycles. The van der Waals surface area contributed by atoms with Crippen molar-refractivity contribution in [3.8, 4) is 12.3 Å². The van der Waals surface area contributed by atoms with Gasteiger partial charge in [-0.25, -0.2) is 0 Å². The fourth-order valence-corrected chi connectivity index (χ4v) is 0.427. The first kappa shape index (κ1) is 30.1. The van der Waals surface area contributed by atoms with Gasteiger partial charge in [0.2, 0.25) is 0 Å². The van der Waals surface area contributed by atoms with Crippen molar-refractivity contribution in [1.82, 2.24) is 0 Å². The van der Waals surface area contributed by atoms with Crippen molar-refractivity contribution in [3.05, 3.63) is 35.5 Å². The Morgan fingerprint density at radius 2 is 1.06 bits per heavy atom. The lowest BCUT2D eigenvalue weighted by Gasteiger charge is -1.99. The third-order valence-corrected chi connectivity index (χ3v) is 1.39. The second kappa shape index (κ2) is 24.8. The van der Waals surface area contributed by atoms with E-state index in [1.165, 1.54) is 22.3 Å². The number of rotatable bonds is 1. The molecule has 18 heavy (non-hydrogen) atoms. The quantitative estimate of drug-likeness (QED) is 0.273. The molecule has 0 amide bonds.